The van der Waals surface area contributed by atoms with Gasteiger partial charge in [-0.15, -0.1) is 10.2 Å². The highest BCUT2D eigenvalue weighted by Gasteiger charge is 2.16. The maximum absolute atomic E-state index is 12.7. The van der Waals surface area contributed by atoms with Crippen LogP contribution in [-0.4, -0.2) is 47.4 Å². The molecule has 14 heteroatoms. The molecule has 10 nitrogen and oxygen atoms in total. The predicted molar refractivity (Wildman–Crippen MR) is 151 cm³/mol. The molecule has 0 radical (unpaired) electrons. The van der Waals surface area contributed by atoms with Gasteiger partial charge in [-0.05, 0) is 55.8 Å². The van der Waals surface area contributed by atoms with Crippen molar-refractivity contribution in [1.82, 2.24) is 20.2 Å². The summed E-state index contributed by atoms with van der Waals surface area (Å²) in [5.74, 6) is 2.14. The van der Waals surface area contributed by atoms with E-state index in [4.69, 9.17) is 4.74 Å². The van der Waals surface area contributed by atoms with Gasteiger partial charge in [0.2, 0.25) is 5.91 Å². The largest absolute Gasteiger partial charge is 0.497 e. The van der Waals surface area contributed by atoms with Crippen molar-refractivity contribution in [3.63, 3.8) is 0 Å². The topological polar surface area (TPSA) is 136 Å². The van der Waals surface area contributed by atoms with Gasteiger partial charge < -0.3 is 10.1 Å². The maximum atomic E-state index is 12.7. The number of nitrogens with one attached hydrogen (secondary N) is 2. The molecule has 198 valence electrons. The van der Waals surface area contributed by atoms with Gasteiger partial charge in [-0.1, -0.05) is 47.0 Å². The Morgan fingerprint density at radius 1 is 0.974 bits per heavy atom. The van der Waals surface area contributed by atoms with Crippen molar-refractivity contribution in [1.29, 1.82) is 0 Å². The molecule has 0 saturated carbocycles. The van der Waals surface area contributed by atoms with Crippen molar-refractivity contribution in [3.05, 3.63) is 71.7 Å². The molecule has 0 aliphatic carbocycles. The molecule has 0 saturated heterocycles. The lowest BCUT2D eigenvalue weighted by atomic mass is 10.2. The number of methoxy groups -OCH3 is 1. The number of rotatable bonds is 11. The first-order chi connectivity index (χ1) is 18.2. The van der Waals surface area contributed by atoms with Crippen molar-refractivity contribution >= 4 is 62.3 Å². The molecule has 0 atom stereocenters. The number of sulfonamides is 1. The Kier molecular flexibility index (Phi) is 9.20. The third-order valence-electron chi connectivity index (χ3n) is 4.89. The minimum atomic E-state index is -3.84. The average molecular weight is 589 g/mol. The highest BCUT2D eigenvalue weighted by molar-refractivity contribution is 8.03. The molecule has 4 aromatic rings. The van der Waals surface area contributed by atoms with Crippen LogP contribution in [0.3, 0.4) is 0 Å². The number of hydrogen-bond acceptors (Lipinski definition) is 11. The third kappa shape index (κ3) is 7.90. The number of aromatic nitrogens is 4. The van der Waals surface area contributed by atoms with E-state index < -0.39 is 10.0 Å². The number of anilines is 2. The lowest BCUT2D eigenvalue weighted by Gasteiger charge is -2.09. The predicted octanol–water partition coefficient (Wildman–Crippen LogP) is 4.78. The van der Waals surface area contributed by atoms with Gasteiger partial charge in [0, 0.05) is 23.2 Å². The fourth-order valence-corrected chi connectivity index (χ4v) is 6.96. The molecule has 1 amide bonds. The van der Waals surface area contributed by atoms with E-state index in [2.05, 4.69) is 30.2 Å². The second-order valence-corrected chi connectivity index (χ2v) is 13.0. The van der Waals surface area contributed by atoms with Crippen molar-refractivity contribution < 1.29 is 17.9 Å². The minimum Gasteiger partial charge on any atom is -0.497 e. The van der Waals surface area contributed by atoms with Crippen LogP contribution in [0.2, 0.25) is 0 Å². The van der Waals surface area contributed by atoms with Gasteiger partial charge >= 0.3 is 0 Å². The summed E-state index contributed by atoms with van der Waals surface area (Å²) in [4.78, 5) is 20.7. The Balaban J connectivity index is 1.25. The molecule has 0 spiro atoms. The number of amides is 1. The molecule has 2 aromatic carbocycles. The first kappa shape index (κ1) is 27.8. The summed E-state index contributed by atoms with van der Waals surface area (Å²) in [6, 6.07) is 15.3. The number of carbonyl (C=O) groups is 1. The third-order valence-corrected chi connectivity index (χ3v) is 9.52. The maximum Gasteiger partial charge on any atom is 0.263 e. The van der Waals surface area contributed by atoms with E-state index in [1.807, 2.05) is 24.3 Å². The zero-order chi connectivity index (χ0) is 27.1. The Hall–Kier alpha value is -3.20. The molecule has 2 aromatic heterocycles. The summed E-state index contributed by atoms with van der Waals surface area (Å²) < 4.78 is 34.5. The van der Waals surface area contributed by atoms with Gasteiger partial charge in [0.15, 0.2) is 8.68 Å². The lowest BCUT2D eigenvalue weighted by Crippen LogP contribution is -2.16. The number of nitrogens with zero attached hydrogens (tertiary/aromatic N) is 4. The fourth-order valence-electron chi connectivity index (χ4n) is 3.19. The van der Waals surface area contributed by atoms with Gasteiger partial charge in [-0.3, -0.25) is 9.52 Å². The molecule has 4 rings (SSSR count). The van der Waals surface area contributed by atoms with Crippen LogP contribution in [-0.2, 0) is 20.6 Å². The molecular formula is C24H24N6O4S4. The Morgan fingerprint density at radius 3 is 2.32 bits per heavy atom. The first-order valence-corrected chi connectivity index (χ1v) is 15.4. The van der Waals surface area contributed by atoms with Crippen LogP contribution in [0.5, 0.6) is 5.75 Å². The fraction of sp³-hybridized carbons (Fsp3) is 0.208. The number of hydrogen-bond donors (Lipinski definition) is 2. The quantitative estimate of drug-likeness (QED) is 0.236. The van der Waals surface area contributed by atoms with E-state index in [-0.39, 0.29) is 22.4 Å². The Labute approximate surface area is 233 Å². The van der Waals surface area contributed by atoms with Crippen molar-refractivity contribution in [3.8, 4) is 5.75 Å². The van der Waals surface area contributed by atoms with Crippen LogP contribution in [0.4, 0.5) is 11.5 Å². The van der Waals surface area contributed by atoms with Crippen LogP contribution < -0.4 is 14.8 Å². The van der Waals surface area contributed by atoms with E-state index in [1.54, 1.807) is 38.8 Å². The van der Waals surface area contributed by atoms with Crippen molar-refractivity contribution in [2.75, 3.05) is 22.9 Å². The standard InChI is InChI=1S/C24H24N6O4S4/c1-15-12-21(26-16(2)25-15)30-38(32,33)20-10-6-18(7-11-20)27-22(31)14-36-24-29-28-23(37-24)35-13-17-4-8-19(34-3)9-5-17/h4-12H,13-14H2,1-3H3,(H,27,31)(H,25,26,30). The van der Waals surface area contributed by atoms with Crippen molar-refractivity contribution in [2.24, 2.45) is 0 Å². The zero-order valence-corrected chi connectivity index (χ0v) is 23.9. The van der Waals surface area contributed by atoms with Gasteiger partial charge in [-0.25, -0.2) is 18.4 Å². The highest BCUT2D eigenvalue weighted by atomic mass is 32.2. The smallest absolute Gasteiger partial charge is 0.263 e. The number of carbonyl (C=O) groups excluding carboxylic acids is 1. The summed E-state index contributed by atoms with van der Waals surface area (Å²) in [6.07, 6.45) is 0. The first-order valence-electron chi connectivity index (χ1n) is 11.2. The van der Waals surface area contributed by atoms with E-state index in [0.717, 1.165) is 21.4 Å². The van der Waals surface area contributed by atoms with Crippen LogP contribution in [0.25, 0.3) is 0 Å². The summed E-state index contributed by atoms with van der Waals surface area (Å²) >= 11 is 4.30. The number of ether oxygens (including phenoxy) is 1. The molecular weight excluding hydrogens is 565 g/mol. The summed E-state index contributed by atoms with van der Waals surface area (Å²) in [7, 11) is -2.21. The van der Waals surface area contributed by atoms with Crippen LogP contribution in [0.15, 0.2) is 68.2 Å². The minimum absolute atomic E-state index is 0.0484. The van der Waals surface area contributed by atoms with Crippen molar-refractivity contribution in [2.45, 2.75) is 33.2 Å². The van der Waals surface area contributed by atoms with E-state index in [1.165, 1.54) is 47.4 Å². The molecule has 2 N–H and O–H groups in total. The highest BCUT2D eigenvalue weighted by Crippen LogP contribution is 2.31. The zero-order valence-electron chi connectivity index (χ0n) is 20.7. The Morgan fingerprint density at radius 2 is 1.66 bits per heavy atom. The number of thioether (sulfide) groups is 2. The summed E-state index contributed by atoms with van der Waals surface area (Å²) in [6.45, 7) is 3.45. The Bertz CT molecular complexity index is 1490. The molecule has 0 aliphatic rings. The van der Waals surface area contributed by atoms with E-state index in [0.29, 0.717) is 21.5 Å². The van der Waals surface area contributed by atoms with E-state index in [9.17, 15) is 13.2 Å². The molecule has 2 heterocycles. The van der Waals surface area contributed by atoms with Gasteiger partial charge in [0.05, 0.1) is 17.8 Å². The second-order valence-electron chi connectivity index (χ2n) is 7.88. The monoisotopic (exact) mass is 588 g/mol. The van der Waals surface area contributed by atoms with Crippen LogP contribution in [0, 0.1) is 13.8 Å². The van der Waals surface area contributed by atoms with Gasteiger partial charge in [0.1, 0.15) is 17.4 Å². The van der Waals surface area contributed by atoms with Crippen LogP contribution in [0.1, 0.15) is 17.1 Å². The van der Waals surface area contributed by atoms with Gasteiger partial charge in [-0.2, -0.15) is 0 Å². The number of aryl methyl sites for hydroxylation is 2. The molecule has 0 aliphatic heterocycles. The van der Waals surface area contributed by atoms with E-state index >= 15 is 0 Å². The molecule has 0 unspecified atom stereocenters. The second kappa shape index (κ2) is 12.6. The van der Waals surface area contributed by atoms with Gasteiger partial charge in [0.25, 0.3) is 10.0 Å². The van der Waals surface area contributed by atoms with Crippen LogP contribution >= 0.6 is 34.9 Å². The number of benzene rings is 2. The molecule has 38 heavy (non-hydrogen) atoms. The lowest BCUT2D eigenvalue weighted by molar-refractivity contribution is -0.113. The normalized spacial score (nSPS) is 11.2. The average Bonchev–Trinajstić information content (AvgIpc) is 3.34. The summed E-state index contributed by atoms with van der Waals surface area (Å²) in [5, 5.41) is 11.1. The molecule has 0 fully saturated rings. The summed E-state index contributed by atoms with van der Waals surface area (Å²) in [5.41, 5.74) is 2.29. The SMILES string of the molecule is COc1ccc(CSc2nnc(SCC(=O)Nc3ccc(S(=O)(=O)Nc4cc(C)nc(C)n4)cc3)s2)cc1. The molecule has 0 bridgehead atoms.